The monoisotopic (exact) mass is 200 g/mol. The number of hydrogen-bond donors (Lipinski definition) is 1. The van der Waals surface area contributed by atoms with E-state index in [4.69, 9.17) is 6.42 Å². The Kier molecular flexibility index (Phi) is 2.14. The molecule has 1 aromatic rings. The molecule has 0 unspecified atom stereocenters. The van der Waals surface area contributed by atoms with Gasteiger partial charge in [0.15, 0.2) is 0 Å². The van der Waals surface area contributed by atoms with Crippen molar-refractivity contribution in [3.05, 3.63) is 24.3 Å². The van der Waals surface area contributed by atoms with E-state index in [0.29, 0.717) is 11.4 Å². The van der Waals surface area contributed by atoms with Crippen molar-refractivity contribution in [3.63, 3.8) is 0 Å². The van der Waals surface area contributed by atoms with E-state index >= 15 is 0 Å². The van der Waals surface area contributed by atoms with Gasteiger partial charge in [-0.3, -0.25) is 14.5 Å². The van der Waals surface area contributed by atoms with E-state index in [1.54, 1.807) is 24.3 Å². The minimum atomic E-state index is -0.502. The second kappa shape index (κ2) is 3.46. The van der Waals surface area contributed by atoms with Gasteiger partial charge in [-0.25, -0.2) is 0 Å². The SMILES string of the molecule is C#CC(=O)N1CC(=O)Nc2ccccc21. The summed E-state index contributed by atoms with van der Waals surface area (Å²) < 4.78 is 0. The number of carbonyl (C=O) groups is 2. The van der Waals surface area contributed by atoms with Crippen LogP contribution < -0.4 is 10.2 Å². The fraction of sp³-hybridized carbons (Fsp3) is 0.0909. The van der Waals surface area contributed by atoms with E-state index in [-0.39, 0.29) is 12.5 Å². The number of nitrogens with zero attached hydrogens (tertiary/aromatic N) is 1. The zero-order valence-corrected chi connectivity index (χ0v) is 7.86. The molecule has 0 radical (unpaired) electrons. The first kappa shape index (κ1) is 9.28. The molecule has 0 aromatic heterocycles. The van der Waals surface area contributed by atoms with Crippen LogP contribution in [0.15, 0.2) is 24.3 Å². The molecule has 1 heterocycles. The molecular weight excluding hydrogens is 192 g/mol. The molecule has 74 valence electrons. The molecule has 1 aromatic carbocycles. The van der Waals surface area contributed by atoms with Crippen LogP contribution in [0.1, 0.15) is 0 Å². The summed E-state index contributed by atoms with van der Waals surface area (Å²) in [5.74, 6) is 1.26. The average molecular weight is 200 g/mol. The molecule has 2 amide bonds. The highest BCUT2D eigenvalue weighted by molar-refractivity contribution is 6.14. The number of benzene rings is 1. The standard InChI is InChI=1S/C11H8N2O2/c1-2-11(15)13-7-10(14)12-8-5-3-4-6-9(8)13/h1,3-6H,7H2,(H,12,14). The zero-order valence-electron chi connectivity index (χ0n) is 7.86. The Balaban J connectivity index is 2.48. The van der Waals surface area contributed by atoms with Gasteiger partial charge < -0.3 is 5.32 Å². The predicted octanol–water partition coefficient (Wildman–Crippen LogP) is 0.605. The predicted molar refractivity (Wildman–Crippen MR) is 56.3 cm³/mol. The van der Waals surface area contributed by atoms with Crippen LogP contribution in [-0.4, -0.2) is 18.4 Å². The molecule has 0 bridgehead atoms. The number of hydrogen-bond acceptors (Lipinski definition) is 2. The van der Waals surface area contributed by atoms with Crippen molar-refractivity contribution < 1.29 is 9.59 Å². The van der Waals surface area contributed by atoms with Crippen molar-refractivity contribution in [1.82, 2.24) is 0 Å². The van der Waals surface area contributed by atoms with Gasteiger partial charge in [0.05, 0.1) is 11.4 Å². The molecule has 1 aliphatic heterocycles. The molecule has 1 aliphatic rings. The summed E-state index contributed by atoms with van der Waals surface area (Å²) in [6, 6.07) is 7.03. The number of carbonyl (C=O) groups excluding carboxylic acids is 2. The Labute approximate surface area is 86.9 Å². The van der Waals surface area contributed by atoms with E-state index in [2.05, 4.69) is 5.32 Å². The largest absolute Gasteiger partial charge is 0.323 e. The van der Waals surface area contributed by atoms with E-state index in [0.717, 1.165) is 0 Å². The Bertz CT molecular complexity index is 474. The fourth-order valence-corrected chi connectivity index (χ4v) is 1.49. The molecule has 1 N–H and O–H groups in total. The number of anilines is 2. The Morgan fingerprint density at radius 3 is 2.93 bits per heavy atom. The molecule has 0 aliphatic carbocycles. The molecule has 0 spiro atoms. The molecule has 0 saturated carbocycles. The van der Waals surface area contributed by atoms with Gasteiger partial charge in [-0.05, 0) is 18.1 Å². The van der Waals surface area contributed by atoms with Crippen molar-refractivity contribution in [3.8, 4) is 12.3 Å². The van der Waals surface area contributed by atoms with Crippen LogP contribution in [0.5, 0.6) is 0 Å². The number of terminal acetylenes is 1. The van der Waals surface area contributed by atoms with E-state index < -0.39 is 5.91 Å². The van der Waals surface area contributed by atoms with Gasteiger partial charge >= 0.3 is 5.91 Å². The maximum atomic E-state index is 11.4. The van der Waals surface area contributed by atoms with Gasteiger partial charge in [-0.1, -0.05) is 12.1 Å². The Hall–Kier alpha value is -2.28. The normalized spacial score (nSPS) is 13.8. The highest BCUT2D eigenvalue weighted by Gasteiger charge is 2.25. The second-order valence-corrected chi connectivity index (χ2v) is 3.10. The van der Waals surface area contributed by atoms with E-state index in [9.17, 15) is 9.59 Å². The van der Waals surface area contributed by atoms with Crippen LogP contribution in [-0.2, 0) is 9.59 Å². The van der Waals surface area contributed by atoms with Gasteiger partial charge in [0.1, 0.15) is 6.54 Å². The summed E-state index contributed by atoms with van der Waals surface area (Å²) in [5, 5.41) is 2.67. The van der Waals surface area contributed by atoms with Crippen LogP contribution >= 0.6 is 0 Å². The number of rotatable bonds is 0. The molecule has 4 nitrogen and oxygen atoms in total. The second-order valence-electron chi connectivity index (χ2n) is 3.10. The van der Waals surface area contributed by atoms with Crippen LogP contribution in [0, 0.1) is 12.3 Å². The summed E-state index contributed by atoms with van der Waals surface area (Å²) in [6.07, 6.45) is 5.03. The lowest BCUT2D eigenvalue weighted by Crippen LogP contribution is -2.41. The lowest BCUT2D eigenvalue weighted by molar-refractivity contribution is -0.118. The highest BCUT2D eigenvalue weighted by atomic mass is 16.2. The van der Waals surface area contributed by atoms with Gasteiger partial charge in [0.2, 0.25) is 5.91 Å². The van der Waals surface area contributed by atoms with E-state index in [1.807, 2.05) is 5.92 Å². The zero-order chi connectivity index (χ0) is 10.8. The molecule has 4 heteroatoms. The molecule has 0 fully saturated rings. The molecule has 15 heavy (non-hydrogen) atoms. The first-order chi connectivity index (χ1) is 7.22. The Morgan fingerprint density at radius 2 is 2.20 bits per heavy atom. The van der Waals surface area contributed by atoms with E-state index in [1.165, 1.54) is 4.90 Å². The summed E-state index contributed by atoms with van der Waals surface area (Å²) >= 11 is 0. The van der Waals surface area contributed by atoms with Crippen LogP contribution in [0.4, 0.5) is 11.4 Å². The van der Waals surface area contributed by atoms with Crippen LogP contribution in [0.25, 0.3) is 0 Å². The quantitative estimate of drug-likeness (QED) is 0.623. The summed E-state index contributed by atoms with van der Waals surface area (Å²) in [4.78, 5) is 24.0. The number of fused-ring (bicyclic) bond motifs is 1. The summed E-state index contributed by atoms with van der Waals surface area (Å²) in [5.41, 5.74) is 1.25. The number of para-hydroxylation sites is 2. The summed E-state index contributed by atoms with van der Waals surface area (Å²) in [6.45, 7) is -0.0277. The van der Waals surface area contributed by atoms with Gasteiger partial charge in [-0.15, -0.1) is 6.42 Å². The lowest BCUT2D eigenvalue weighted by Gasteiger charge is -2.27. The molecule has 0 saturated heterocycles. The fourth-order valence-electron chi connectivity index (χ4n) is 1.49. The third-order valence-corrected chi connectivity index (χ3v) is 2.14. The third kappa shape index (κ3) is 1.55. The maximum absolute atomic E-state index is 11.4. The van der Waals surface area contributed by atoms with Gasteiger partial charge in [-0.2, -0.15) is 0 Å². The van der Waals surface area contributed by atoms with Crippen molar-refractivity contribution in [1.29, 1.82) is 0 Å². The highest BCUT2D eigenvalue weighted by Crippen LogP contribution is 2.28. The van der Waals surface area contributed by atoms with Crippen molar-refractivity contribution in [2.75, 3.05) is 16.8 Å². The van der Waals surface area contributed by atoms with Crippen molar-refractivity contribution in [2.45, 2.75) is 0 Å². The van der Waals surface area contributed by atoms with Crippen LogP contribution in [0.2, 0.25) is 0 Å². The molecular formula is C11H8N2O2. The van der Waals surface area contributed by atoms with Gasteiger partial charge in [0, 0.05) is 0 Å². The topological polar surface area (TPSA) is 49.4 Å². The smallest absolute Gasteiger partial charge is 0.303 e. The molecule has 0 atom stereocenters. The van der Waals surface area contributed by atoms with Gasteiger partial charge in [0.25, 0.3) is 0 Å². The van der Waals surface area contributed by atoms with Crippen molar-refractivity contribution in [2.24, 2.45) is 0 Å². The number of amides is 2. The first-order valence-corrected chi connectivity index (χ1v) is 4.39. The minimum Gasteiger partial charge on any atom is -0.323 e. The molecule has 2 rings (SSSR count). The maximum Gasteiger partial charge on any atom is 0.303 e. The van der Waals surface area contributed by atoms with Crippen molar-refractivity contribution >= 4 is 23.2 Å². The third-order valence-electron chi connectivity index (χ3n) is 2.14. The number of nitrogens with one attached hydrogen (secondary N) is 1. The minimum absolute atomic E-state index is 0.0277. The average Bonchev–Trinajstić information content (AvgIpc) is 2.26. The summed E-state index contributed by atoms with van der Waals surface area (Å²) in [7, 11) is 0. The van der Waals surface area contributed by atoms with Crippen LogP contribution in [0.3, 0.4) is 0 Å². The first-order valence-electron chi connectivity index (χ1n) is 4.39. The lowest BCUT2D eigenvalue weighted by atomic mass is 10.2. The Morgan fingerprint density at radius 1 is 1.47 bits per heavy atom.